The van der Waals surface area contributed by atoms with E-state index in [9.17, 15) is 0 Å². The quantitative estimate of drug-likeness (QED) is 0.472. The van der Waals surface area contributed by atoms with Gasteiger partial charge in [0.2, 0.25) is 0 Å². The third-order valence-corrected chi connectivity index (χ3v) is 3.11. The molecule has 0 rings (SSSR count). The fourth-order valence-corrected chi connectivity index (χ4v) is 2.00. The normalized spacial score (nSPS) is 12.3. The lowest BCUT2D eigenvalue weighted by atomic mass is 10.5. The minimum atomic E-state index is 0.551. The van der Waals surface area contributed by atoms with Crippen molar-refractivity contribution in [2.24, 2.45) is 5.73 Å². The Balaban J connectivity index is 3.07. The second-order valence-corrected chi connectivity index (χ2v) is 8.25. The lowest BCUT2D eigenvalue weighted by Gasteiger charge is -2.16. The van der Waals surface area contributed by atoms with Crippen LogP contribution in [0, 0.1) is 0 Å². The maximum absolute atomic E-state index is 5.36. The summed E-state index contributed by atoms with van der Waals surface area (Å²) in [4.78, 5) is 0. The lowest BCUT2D eigenvalue weighted by Crippen LogP contribution is -2.15. The lowest BCUT2D eigenvalue weighted by molar-refractivity contribution is 0.928. The Morgan fingerprint density at radius 1 is 1.56 bits per heavy atom. The number of hydrogen-bond donors (Lipinski definition) is 1. The summed E-state index contributed by atoms with van der Waals surface area (Å²) in [6.07, 6.45) is 1.16. The highest BCUT2D eigenvalue weighted by Crippen LogP contribution is 2.19. The molecule has 56 valence electrons. The molecule has 0 unspecified atom stereocenters. The summed E-state index contributed by atoms with van der Waals surface area (Å²) < 4.78 is 0.551. The summed E-state index contributed by atoms with van der Waals surface area (Å²) >= 11 is 2.04. The third kappa shape index (κ3) is 8.53. The van der Waals surface area contributed by atoms with Gasteiger partial charge in [-0.25, -0.2) is 0 Å². The molecule has 0 aromatic carbocycles. The first-order valence-electron chi connectivity index (χ1n) is 3.40. The van der Waals surface area contributed by atoms with E-state index in [0.29, 0.717) is 4.37 Å². The Morgan fingerprint density at radius 2 is 2.11 bits per heavy atom. The molecule has 3 heteroatoms. The van der Waals surface area contributed by atoms with Gasteiger partial charge in [-0.05, 0) is 23.1 Å². The predicted octanol–water partition coefficient (Wildman–Crippen LogP) is 0.170. The first-order chi connectivity index (χ1) is 4.06. The zero-order valence-corrected chi connectivity index (χ0v) is 9.42. The molecule has 0 amide bonds. The van der Waals surface area contributed by atoms with Crippen molar-refractivity contribution < 1.29 is 0 Å². The Morgan fingerprint density at radius 3 is 2.44 bits per heavy atom. The zero-order valence-electron chi connectivity index (χ0n) is 6.61. The van der Waals surface area contributed by atoms with E-state index < -0.39 is 0 Å². The van der Waals surface area contributed by atoms with Crippen LogP contribution >= 0.6 is 11.8 Å². The highest BCUT2D eigenvalue weighted by atomic mass is 32.2. The summed E-state index contributed by atoms with van der Waals surface area (Å²) in [5.74, 6) is 1.23. The van der Waals surface area contributed by atoms with Gasteiger partial charge in [-0.3, -0.25) is 0 Å². The Hall–Kier alpha value is 0.527. The van der Waals surface area contributed by atoms with E-state index in [1.54, 1.807) is 0 Å². The van der Waals surface area contributed by atoms with Gasteiger partial charge in [0.25, 0.3) is 0 Å². The highest BCUT2D eigenvalue weighted by molar-refractivity contribution is 8.01. The van der Waals surface area contributed by atoms with Crippen LogP contribution in [0.15, 0.2) is 0 Å². The summed E-state index contributed by atoms with van der Waals surface area (Å²) in [6.45, 7) is 5.42. The molecule has 0 aromatic rings. The molecule has 0 saturated heterocycles. The molecule has 0 spiro atoms. The fourth-order valence-electron chi connectivity index (χ4n) is 0.462. The fraction of sp³-hybridized carbons (Fsp3) is 1.00. The first kappa shape index (κ1) is 9.53. The van der Waals surface area contributed by atoms with E-state index in [4.69, 9.17) is 5.73 Å². The summed E-state index contributed by atoms with van der Waals surface area (Å²) in [6, 6.07) is 0. The monoisotopic (exact) mass is 163 g/mol. The molecule has 2 N–H and O–H groups in total. The van der Waals surface area contributed by atoms with Gasteiger partial charge in [0.05, 0.1) is 0 Å². The number of thioether (sulfide) groups is 1. The van der Waals surface area contributed by atoms with E-state index in [1.807, 2.05) is 11.8 Å². The van der Waals surface area contributed by atoms with E-state index in [-0.39, 0.29) is 0 Å². The van der Waals surface area contributed by atoms with Crippen molar-refractivity contribution in [3.8, 4) is 0 Å². The van der Waals surface area contributed by atoms with Crippen LogP contribution in [0.3, 0.4) is 0 Å². The second-order valence-electron chi connectivity index (χ2n) is 3.10. The van der Waals surface area contributed by atoms with Crippen molar-refractivity contribution in [1.82, 2.24) is 0 Å². The van der Waals surface area contributed by atoms with Crippen molar-refractivity contribution in [1.29, 1.82) is 0 Å². The van der Waals surface area contributed by atoms with Crippen LogP contribution in [-0.4, -0.2) is 26.9 Å². The van der Waals surface area contributed by atoms with Crippen LogP contribution < -0.4 is 5.73 Å². The standard InChI is InChI=1S/C6H17NSSi/c1-6(2,9)8-5-3-4-7/h3-5,7H2,1-2,9H3. The Kier molecular flexibility index (Phi) is 4.61. The van der Waals surface area contributed by atoms with E-state index in [0.717, 1.165) is 13.0 Å². The molecule has 0 fully saturated rings. The van der Waals surface area contributed by atoms with E-state index in [2.05, 4.69) is 13.8 Å². The van der Waals surface area contributed by atoms with Crippen LogP contribution in [0.5, 0.6) is 0 Å². The highest BCUT2D eigenvalue weighted by Gasteiger charge is 2.08. The minimum Gasteiger partial charge on any atom is -0.330 e. The molecular weight excluding hydrogens is 146 g/mol. The number of hydrogen-bond acceptors (Lipinski definition) is 2. The van der Waals surface area contributed by atoms with Crippen molar-refractivity contribution in [3.05, 3.63) is 0 Å². The van der Waals surface area contributed by atoms with Crippen molar-refractivity contribution in [3.63, 3.8) is 0 Å². The first-order valence-corrected chi connectivity index (χ1v) is 5.39. The smallest absolute Gasteiger partial charge is 0.0225 e. The van der Waals surface area contributed by atoms with Gasteiger partial charge in [-0.2, -0.15) is 11.8 Å². The molecular formula is C6H17NSSi. The largest absolute Gasteiger partial charge is 0.330 e. The van der Waals surface area contributed by atoms with Gasteiger partial charge in [0, 0.05) is 10.2 Å². The molecule has 0 aromatic heterocycles. The molecule has 0 saturated carbocycles. The molecule has 9 heavy (non-hydrogen) atoms. The minimum absolute atomic E-state index is 0.551. The third-order valence-electron chi connectivity index (χ3n) is 0.884. The Labute approximate surface area is 65.2 Å². The number of nitrogens with two attached hydrogens (primary N) is 1. The van der Waals surface area contributed by atoms with Crippen LogP contribution in [0.4, 0.5) is 0 Å². The topological polar surface area (TPSA) is 26.0 Å². The number of rotatable bonds is 4. The van der Waals surface area contributed by atoms with Crippen molar-refractivity contribution in [2.75, 3.05) is 12.3 Å². The molecule has 0 bridgehead atoms. The van der Waals surface area contributed by atoms with E-state index >= 15 is 0 Å². The van der Waals surface area contributed by atoms with Crippen LogP contribution in [0.1, 0.15) is 20.3 Å². The van der Waals surface area contributed by atoms with Crippen LogP contribution in [0.2, 0.25) is 0 Å². The van der Waals surface area contributed by atoms with Gasteiger partial charge in [0.15, 0.2) is 0 Å². The average Bonchev–Trinajstić information content (AvgIpc) is 1.63. The molecule has 0 aliphatic carbocycles. The molecule has 0 aliphatic heterocycles. The van der Waals surface area contributed by atoms with Crippen LogP contribution in [-0.2, 0) is 0 Å². The van der Waals surface area contributed by atoms with Gasteiger partial charge < -0.3 is 5.73 Å². The molecule has 0 heterocycles. The van der Waals surface area contributed by atoms with E-state index in [1.165, 1.54) is 16.0 Å². The average molecular weight is 163 g/mol. The van der Waals surface area contributed by atoms with Crippen LogP contribution in [0.25, 0.3) is 0 Å². The molecule has 0 atom stereocenters. The predicted molar refractivity (Wildman–Crippen MR) is 50.1 cm³/mol. The summed E-state index contributed by atoms with van der Waals surface area (Å²) in [7, 11) is 1.27. The SMILES string of the molecule is CC(C)([SiH3])SCCCN. The zero-order chi connectivity index (χ0) is 7.33. The van der Waals surface area contributed by atoms with Gasteiger partial charge in [-0.15, -0.1) is 0 Å². The molecule has 1 nitrogen and oxygen atoms in total. The van der Waals surface area contributed by atoms with Crippen molar-refractivity contribution in [2.45, 2.75) is 24.6 Å². The van der Waals surface area contributed by atoms with Gasteiger partial charge in [-0.1, -0.05) is 13.8 Å². The van der Waals surface area contributed by atoms with Gasteiger partial charge in [0.1, 0.15) is 0 Å². The Bertz CT molecular complexity index is 69.9. The maximum atomic E-state index is 5.36. The second kappa shape index (κ2) is 4.36. The molecule has 0 radical (unpaired) electrons. The summed E-state index contributed by atoms with van der Waals surface area (Å²) in [5, 5.41) is 0. The van der Waals surface area contributed by atoms with Gasteiger partial charge >= 0.3 is 0 Å². The maximum Gasteiger partial charge on any atom is 0.0225 e. The summed E-state index contributed by atoms with van der Waals surface area (Å²) in [5.41, 5.74) is 5.36. The molecule has 0 aliphatic rings. The van der Waals surface area contributed by atoms with Crippen molar-refractivity contribution >= 4 is 22.0 Å².